The molecule has 0 bridgehead atoms. The third-order valence-electron chi connectivity index (χ3n) is 7.09. The lowest BCUT2D eigenvalue weighted by molar-refractivity contribution is 0.603. The fourth-order valence-corrected chi connectivity index (χ4v) is 5.58. The molecular formula is C30H18BNO2. The van der Waals surface area contributed by atoms with Crippen molar-refractivity contribution in [1.82, 2.24) is 0 Å². The van der Waals surface area contributed by atoms with Crippen molar-refractivity contribution in [3.8, 4) is 28.0 Å². The Kier molecular flexibility index (Phi) is 3.48. The van der Waals surface area contributed by atoms with E-state index in [0.717, 1.165) is 50.2 Å². The zero-order valence-corrected chi connectivity index (χ0v) is 18.2. The van der Waals surface area contributed by atoms with Gasteiger partial charge in [0.05, 0.1) is 5.69 Å². The molecule has 3 nitrogen and oxygen atoms in total. The van der Waals surface area contributed by atoms with Crippen LogP contribution in [-0.4, -0.2) is 7.05 Å². The van der Waals surface area contributed by atoms with Crippen LogP contribution in [0.4, 0.5) is 11.4 Å². The summed E-state index contributed by atoms with van der Waals surface area (Å²) in [6.07, 6.45) is 0. The maximum Gasteiger partial charge on any atom is 0.524 e. The average Bonchev–Trinajstić information content (AvgIpc) is 3.48. The fourth-order valence-electron chi connectivity index (χ4n) is 5.58. The minimum atomic E-state index is -0.147. The summed E-state index contributed by atoms with van der Waals surface area (Å²) in [7, 11) is -0.147. The van der Waals surface area contributed by atoms with E-state index in [1.54, 1.807) is 0 Å². The molecule has 0 aliphatic carbocycles. The SMILES string of the molecule is c1ccc2c(c1)OB1c3ccccc3-c3cc(-c4cccc5c4oc4ccccc45)ccc3N12. The van der Waals surface area contributed by atoms with E-state index >= 15 is 0 Å². The molecule has 4 heteroatoms. The molecule has 8 rings (SSSR count). The van der Waals surface area contributed by atoms with Gasteiger partial charge in [-0.2, -0.15) is 0 Å². The maximum atomic E-state index is 6.41. The molecule has 6 aromatic rings. The van der Waals surface area contributed by atoms with Crippen molar-refractivity contribution >= 4 is 45.8 Å². The summed E-state index contributed by atoms with van der Waals surface area (Å²) in [4.78, 5) is 2.32. The zero-order valence-electron chi connectivity index (χ0n) is 18.2. The van der Waals surface area contributed by atoms with E-state index in [2.05, 4.69) is 89.7 Å². The molecule has 0 N–H and O–H groups in total. The van der Waals surface area contributed by atoms with E-state index < -0.39 is 0 Å². The number of anilines is 2. The quantitative estimate of drug-likeness (QED) is 0.256. The number of benzene rings is 5. The number of rotatable bonds is 1. The highest BCUT2D eigenvalue weighted by Gasteiger charge is 2.44. The van der Waals surface area contributed by atoms with Gasteiger partial charge >= 0.3 is 7.05 Å². The van der Waals surface area contributed by atoms with Crippen LogP contribution < -0.4 is 14.9 Å². The Morgan fingerprint density at radius 3 is 2.38 bits per heavy atom. The van der Waals surface area contributed by atoms with Crippen molar-refractivity contribution in [1.29, 1.82) is 0 Å². The van der Waals surface area contributed by atoms with Crippen LogP contribution in [0, 0.1) is 0 Å². The van der Waals surface area contributed by atoms with Crippen molar-refractivity contribution in [3.05, 3.63) is 109 Å². The molecule has 158 valence electrons. The van der Waals surface area contributed by atoms with Gasteiger partial charge in [0.2, 0.25) is 0 Å². The second-order valence-corrected chi connectivity index (χ2v) is 8.91. The van der Waals surface area contributed by atoms with E-state index in [9.17, 15) is 0 Å². The minimum absolute atomic E-state index is 0.147. The summed E-state index contributed by atoms with van der Waals surface area (Å²) in [5.74, 6) is 0.922. The number of hydrogen-bond acceptors (Lipinski definition) is 3. The van der Waals surface area contributed by atoms with Gasteiger partial charge in [0, 0.05) is 27.6 Å². The monoisotopic (exact) mass is 435 g/mol. The maximum absolute atomic E-state index is 6.41. The lowest BCUT2D eigenvalue weighted by Crippen LogP contribution is -2.50. The molecule has 34 heavy (non-hydrogen) atoms. The van der Waals surface area contributed by atoms with Gasteiger partial charge in [-0.15, -0.1) is 0 Å². The first-order valence-corrected chi connectivity index (χ1v) is 11.6. The topological polar surface area (TPSA) is 25.6 Å². The molecule has 0 saturated heterocycles. The number of fused-ring (bicyclic) bond motifs is 11. The second kappa shape index (κ2) is 6.55. The highest BCUT2D eigenvalue weighted by molar-refractivity contribution is 6.77. The summed E-state index contributed by atoms with van der Waals surface area (Å²) < 4.78 is 12.7. The van der Waals surface area contributed by atoms with Gasteiger partial charge in [0.15, 0.2) is 0 Å². The molecule has 2 aliphatic heterocycles. The van der Waals surface area contributed by atoms with E-state index in [4.69, 9.17) is 9.07 Å². The predicted octanol–water partition coefficient (Wildman–Crippen LogP) is 7.16. The molecular weight excluding hydrogens is 417 g/mol. The van der Waals surface area contributed by atoms with E-state index in [1.165, 1.54) is 16.6 Å². The van der Waals surface area contributed by atoms with Gasteiger partial charge in [0.1, 0.15) is 16.9 Å². The van der Waals surface area contributed by atoms with Gasteiger partial charge in [0.25, 0.3) is 0 Å². The molecule has 3 heterocycles. The highest BCUT2D eigenvalue weighted by Crippen LogP contribution is 2.48. The Bertz CT molecular complexity index is 1770. The van der Waals surface area contributed by atoms with Crippen molar-refractivity contribution in [3.63, 3.8) is 0 Å². The van der Waals surface area contributed by atoms with Gasteiger partial charge < -0.3 is 13.9 Å². The third kappa shape index (κ3) is 2.32. The lowest BCUT2D eigenvalue weighted by atomic mass is 9.64. The molecule has 0 amide bonds. The average molecular weight is 435 g/mol. The predicted molar refractivity (Wildman–Crippen MR) is 139 cm³/mol. The van der Waals surface area contributed by atoms with E-state index in [1.807, 2.05) is 24.3 Å². The molecule has 5 aromatic carbocycles. The largest absolute Gasteiger partial charge is 0.536 e. The normalized spacial score (nSPS) is 13.4. The number of nitrogens with zero attached hydrogens (tertiary/aromatic N) is 1. The molecule has 0 fully saturated rings. The van der Waals surface area contributed by atoms with E-state index in [0.29, 0.717) is 0 Å². The van der Waals surface area contributed by atoms with Gasteiger partial charge in [-0.05, 0) is 46.9 Å². The summed E-state index contributed by atoms with van der Waals surface area (Å²) in [6.45, 7) is 0. The Balaban J connectivity index is 1.38. The first kappa shape index (κ1) is 18.0. The molecule has 1 aromatic heterocycles. The van der Waals surface area contributed by atoms with Crippen molar-refractivity contribution in [2.24, 2.45) is 0 Å². The van der Waals surface area contributed by atoms with Crippen LogP contribution in [0.15, 0.2) is 114 Å². The van der Waals surface area contributed by atoms with Crippen molar-refractivity contribution in [2.75, 3.05) is 4.81 Å². The standard InChI is InChI=1S/C30H18BNO2/c1-3-12-25-21(8-1)24-18-19(16-17-26(24)32-27-13-4-6-15-29(27)34-31(25)32)20-10-7-11-23-22-9-2-5-14-28(22)33-30(20)23/h1-18H. The van der Waals surface area contributed by atoms with Crippen molar-refractivity contribution < 1.29 is 9.07 Å². The molecule has 0 unspecified atom stereocenters. The van der Waals surface area contributed by atoms with Crippen LogP contribution in [0.2, 0.25) is 0 Å². The Labute approximate surface area is 197 Å². The smallest absolute Gasteiger partial charge is 0.524 e. The van der Waals surface area contributed by atoms with Gasteiger partial charge in [-0.1, -0.05) is 78.9 Å². The van der Waals surface area contributed by atoms with Gasteiger partial charge in [-0.3, -0.25) is 0 Å². The molecule has 0 spiro atoms. The second-order valence-electron chi connectivity index (χ2n) is 8.91. The molecule has 2 aliphatic rings. The molecule has 0 atom stereocenters. The van der Waals surface area contributed by atoms with Crippen LogP contribution in [-0.2, 0) is 0 Å². The van der Waals surface area contributed by atoms with Crippen LogP contribution in [0.5, 0.6) is 5.75 Å². The van der Waals surface area contributed by atoms with Crippen LogP contribution >= 0.6 is 0 Å². The number of furan rings is 1. The number of para-hydroxylation sites is 4. The molecule has 0 radical (unpaired) electrons. The minimum Gasteiger partial charge on any atom is -0.536 e. The summed E-state index contributed by atoms with van der Waals surface area (Å²) in [6, 6.07) is 38.2. The highest BCUT2D eigenvalue weighted by atomic mass is 16.5. The Morgan fingerprint density at radius 1 is 0.588 bits per heavy atom. The third-order valence-corrected chi connectivity index (χ3v) is 7.09. The Morgan fingerprint density at radius 2 is 1.38 bits per heavy atom. The molecule has 0 saturated carbocycles. The van der Waals surface area contributed by atoms with Crippen LogP contribution in [0.3, 0.4) is 0 Å². The van der Waals surface area contributed by atoms with Crippen LogP contribution in [0.1, 0.15) is 0 Å². The fraction of sp³-hybridized carbons (Fsp3) is 0. The van der Waals surface area contributed by atoms with Crippen LogP contribution in [0.25, 0.3) is 44.2 Å². The summed E-state index contributed by atoms with van der Waals surface area (Å²) in [5.41, 5.74) is 9.97. The lowest BCUT2D eigenvalue weighted by Gasteiger charge is -2.31. The van der Waals surface area contributed by atoms with Gasteiger partial charge in [-0.25, -0.2) is 0 Å². The number of hydrogen-bond donors (Lipinski definition) is 0. The first-order valence-electron chi connectivity index (χ1n) is 11.6. The summed E-state index contributed by atoms with van der Waals surface area (Å²) >= 11 is 0. The first-order chi connectivity index (χ1) is 16.9. The van der Waals surface area contributed by atoms with E-state index in [-0.39, 0.29) is 7.05 Å². The zero-order chi connectivity index (χ0) is 22.2. The Hall–Kier alpha value is -4.44. The summed E-state index contributed by atoms with van der Waals surface area (Å²) in [5, 5.41) is 2.30. The van der Waals surface area contributed by atoms with Crippen molar-refractivity contribution in [2.45, 2.75) is 0 Å².